The summed E-state index contributed by atoms with van der Waals surface area (Å²) < 4.78 is 0.888. The minimum atomic E-state index is 0. The number of pyridine rings is 2. The summed E-state index contributed by atoms with van der Waals surface area (Å²) in [6.45, 7) is 0.584. The van der Waals surface area contributed by atoms with E-state index >= 15 is 0 Å². The van der Waals surface area contributed by atoms with Crippen LogP contribution in [0.15, 0.2) is 60.9 Å². The highest BCUT2D eigenvalue weighted by Crippen LogP contribution is 2.14. The third-order valence-corrected chi connectivity index (χ3v) is 4.85. The Balaban J connectivity index is 0.00000210. The number of aromatic nitrogens is 3. The summed E-state index contributed by atoms with van der Waals surface area (Å²) in [6, 6.07) is 15.8. The van der Waals surface area contributed by atoms with E-state index in [-0.39, 0.29) is 1.43 Å². The third-order valence-electron chi connectivity index (χ3n) is 3.88. The largest absolute Gasteiger partial charge is 0.513 e. The molecule has 0 aliphatic carbocycles. The predicted octanol–water partition coefficient (Wildman–Crippen LogP) is 3.07. The fourth-order valence-corrected chi connectivity index (χ4v) is 3.51. The molecule has 5 nitrogen and oxygen atoms in total. The molecule has 0 fully saturated rings. The highest BCUT2D eigenvalue weighted by Gasteiger charge is 2.02. The fourth-order valence-electron chi connectivity index (χ4n) is 2.62. The highest BCUT2D eigenvalue weighted by molar-refractivity contribution is 7.13. The smallest absolute Gasteiger partial charge is 0.184 e. The summed E-state index contributed by atoms with van der Waals surface area (Å²) in [5.41, 5.74) is 2.93. The van der Waals surface area contributed by atoms with Crippen molar-refractivity contribution in [3.05, 3.63) is 82.1 Å². The van der Waals surface area contributed by atoms with Crippen molar-refractivity contribution in [2.45, 2.75) is 6.54 Å². The van der Waals surface area contributed by atoms with Gasteiger partial charge in [0.15, 0.2) is 5.13 Å². The van der Waals surface area contributed by atoms with Gasteiger partial charge in [0.25, 0.3) is 0 Å². The lowest BCUT2D eigenvalue weighted by molar-refractivity contribution is 0.538. The number of anilines is 1. The number of hydrogen-bond acceptors (Lipinski definition) is 6. The predicted molar refractivity (Wildman–Crippen MR) is 107 cm³/mol. The molecule has 3 aromatic heterocycles. The second kappa shape index (κ2) is 7.33. The van der Waals surface area contributed by atoms with Crippen LogP contribution < -0.4 is 15.2 Å². The van der Waals surface area contributed by atoms with Gasteiger partial charge >= 0.3 is 0 Å². The normalized spacial score (nSPS) is 12.6. The first-order chi connectivity index (χ1) is 12.8. The molecule has 0 unspecified atom stereocenters. The number of nitrogens with zero attached hydrogens (tertiary/aromatic N) is 3. The van der Waals surface area contributed by atoms with Gasteiger partial charge in [-0.25, -0.2) is 4.98 Å². The SMILES string of the molecule is OC=c1nc(NCc2ccccn2)s/c1=C\c1ccc2ncccc2c1.[HH]. The molecule has 0 amide bonds. The molecule has 0 saturated carbocycles. The first-order valence-corrected chi connectivity index (χ1v) is 8.95. The summed E-state index contributed by atoms with van der Waals surface area (Å²) >= 11 is 1.49. The zero-order chi connectivity index (χ0) is 17.8. The van der Waals surface area contributed by atoms with Crippen molar-refractivity contribution >= 4 is 39.7 Å². The van der Waals surface area contributed by atoms with Crippen molar-refractivity contribution in [3.63, 3.8) is 0 Å². The number of aliphatic hydroxyl groups excluding tert-OH is 1. The molecule has 0 saturated heterocycles. The van der Waals surface area contributed by atoms with Crippen molar-refractivity contribution in [1.29, 1.82) is 0 Å². The molecule has 1 aromatic carbocycles. The maximum absolute atomic E-state index is 9.52. The minimum Gasteiger partial charge on any atom is -0.513 e. The summed E-state index contributed by atoms with van der Waals surface area (Å²) in [6.07, 6.45) is 6.60. The fraction of sp³-hybridized carbons (Fsp3) is 0.0500. The van der Waals surface area contributed by atoms with E-state index in [2.05, 4.69) is 26.3 Å². The summed E-state index contributed by atoms with van der Waals surface area (Å²) in [5.74, 6) is 0. The van der Waals surface area contributed by atoms with Crippen molar-refractivity contribution in [1.82, 2.24) is 15.0 Å². The highest BCUT2D eigenvalue weighted by atomic mass is 32.1. The molecule has 2 N–H and O–H groups in total. The van der Waals surface area contributed by atoms with E-state index in [1.165, 1.54) is 11.3 Å². The van der Waals surface area contributed by atoms with E-state index in [0.717, 1.165) is 38.1 Å². The molecule has 130 valence electrons. The lowest BCUT2D eigenvalue weighted by atomic mass is 10.1. The third kappa shape index (κ3) is 3.55. The molecule has 0 atom stereocenters. The van der Waals surface area contributed by atoms with Gasteiger partial charge in [0.05, 0.1) is 22.3 Å². The molecule has 26 heavy (non-hydrogen) atoms. The van der Waals surface area contributed by atoms with Crippen molar-refractivity contribution < 1.29 is 6.53 Å². The van der Waals surface area contributed by atoms with Crippen molar-refractivity contribution in [2.24, 2.45) is 0 Å². The molecule has 3 heterocycles. The summed E-state index contributed by atoms with van der Waals surface area (Å²) in [7, 11) is 0. The number of fused-ring (bicyclic) bond motifs is 1. The van der Waals surface area contributed by atoms with Crippen LogP contribution in [-0.2, 0) is 6.54 Å². The van der Waals surface area contributed by atoms with Crippen LogP contribution in [0.25, 0.3) is 23.2 Å². The Morgan fingerprint density at radius 3 is 2.85 bits per heavy atom. The van der Waals surface area contributed by atoms with E-state index in [1.54, 1.807) is 12.4 Å². The topological polar surface area (TPSA) is 70.9 Å². The van der Waals surface area contributed by atoms with E-state index in [4.69, 9.17) is 0 Å². The van der Waals surface area contributed by atoms with Crippen LogP contribution in [0.1, 0.15) is 12.7 Å². The van der Waals surface area contributed by atoms with E-state index in [0.29, 0.717) is 11.9 Å². The molecule has 0 bridgehead atoms. The molecule has 0 aliphatic heterocycles. The van der Waals surface area contributed by atoms with Crippen molar-refractivity contribution in [3.8, 4) is 0 Å². The lowest BCUT2D eigenvalue weighted by Gasteiger charge is -2.00. The summed E-state index contributed by atoms with van der Waals surface area (Å²) in [4.78, 5) is 13.1. The van der Waals surface area contributed by atoms with E-state index in [9.17, 15) is 5.11 Å². The van der Waals surface area contributed by atoms with Gasteiger partial charge in [-0.2, -0.15) is 0 Å². The summed E-state index contributed by atoms with van der Waals surface area (Å²) in [5, 5.41) is 15.1. The molecular weight excluding hydrogens is 344 g/mol. The van der Waals surface area contributed by atoms with Crippen LogP contribution in [0.2, 0.25) is 0 Å². The number of benzene rings is 1. The minimum absolute atomic E-state index is 0. The maximum atomic E-state index is 9.52. The van der Waals surface area contributed by atoms with Crippen LogP contribution in [0, 0.1) is 0 Å². The Morgan fingerprint density at radius 2 is 2.00 bits per heavy atom. The van der Waals surface area contributed by atoms with E-state index in [1.807, 2.05) is 48.5 Å². The van der Waals surface area contributed by atoms with Gasteiger partial charge in [-0.15, -0.1) is 0 Å². The lowest BCUT2D eigenvalue weighted by Crippen LogP contribution is -2.20. The van der Waals surface area contributed by atoms with Crippen LogP contribution in [0.4, 0.5) is 5.13 Å². The van der Waals surface area contributed by atoms with Crippen LogP contribution in [-0.4, -0.2) is 20.1 Å². The average molecular weight is 362 g/mol. The standard InChI is InChI=1S/C20H16N4OS.H2/c25-13-18-19(11-14-6-7-17-15(10-14)4-3-9-22-17)26-20(24-18)23-12-16-5-1-2-8-21-16;/h1-11,13,25H,12H2,(H,23,24);1H/b18-13?,19-11-;. The van der Waals surface area contributed by atoms with Gasteiger partial charge in [0.2, 0.25) is 0 Å². The Hall–Kier alpha value is -3.25. The molecule has 0 radical (unpaired) electrons. The molecule has 6 heteroatoms. The molecular formula is C20H18N4OS. The molecule has 4 rings (SSSR count). The first kappa shape index (κ1) is 16.2. The molecule has 0 spiro atoms. The maximum Gasteiger partial charge on any atom is 0.184 e. The number of aliphatic hydroxyl groups is 1. The second-order valence-corrected chi connectivity index (χ2v) is 6.70. The van der Waals surface area contributed by atoms with Crippen LogP contribution >= 0.6 is 11.3 Å². The second-order valence-electron chi connectivity index (χ2n) is 5.67. The van der Waals surface area contributed by atoms with Gasteiger partial charge in [-0.3, -0.25) is 9.97 Å². The monoisotopic (exact) mass is 362 g/mol. The van der Waals surface area contributed by atoms with Gasteiger partial charge in [0.1, 0.15) is 11.6 Å². The van der Waals surface area contributed by atoms with Gasteiger partial charge < -0.3 is 10.4 Å². The average Bonchev–Trinajstić information content (AvgIpc) is 3.09. The molecule has 4 aromatic rings. The zero-order valence-corrected chi connectivity index (χ0v) is 14.6. The number of thiazole rings is 1. The number of hydrogen-bond donors (Lipinski definition) is 2. The van der Waals surface area contributed by atoms with Gasteiger partial charge in [0, 0.05) is 19.2 Å². The van der Waals surface area contributed by atoms with Crippen LogP contribution in [0.5, 0.6) is 0 Å². The quantitative estimate of drug-likeness (QED) is 0.584. The number of rotatable bonds is 4. The number of nitrogens with one attached hydrogen (secondary N) is 1. The Kier molecular flexibility index (Phi) is 4.57. The Morgan fingerprint density at radius 1 is 1.08 bits per heavy atom. The zero-order valence-electron chi connectivity index (χ0n) is 13.8. The van der Waals surface area contributed by atoms with Crippen molar-refractivity contribution in [2.75, 3.05) is 5.32 Å². The Bertz CT molecular complexity index is 1160. The van der Waals surface area contributed by atoms with E-state index < -0.39 is 0 Å². The van der Waals surface area contributed by atoms with Gasteiger partial charge in [-0.1, -0.05) is 29.5 Å². The van der Waals surface area contributed by atoms with Gasteiger partial charge in [-0.05, 0) is 42.0 Å². The van der Waals surface area contributed by atoms with Crippen LogP contribution in [0.3, 0.4) is 0 Å². The first-order valence-electron chi connectivity index (χ1n) is 8.13. The molecule has 0 aliphatic rings. The Labute approximate surface area is 155 Å².